The van der Waals surface area contributed by atoms with Gasteiger partial charge in [-0.2, -0.15) is 0 Å². The molecule has 3 nitrogen and oxygen atoms in total. The lowest BCUT2D eigenvalue weighted by atomic mass is 9.96. The fourth-order valence-electron chi connectivity index (χ4n) is 3.12. The maximum atomic E-state index is 5.75. The van der Waals surface area contributed by atoms with Crippen molar-refractivity contribution in [2.75, 3.05) is 13.2 Å². The van der Waals surface area contributed by atoms with Crippen LogP contribution in [0.15, 0.2) is 24.3 Å². The van der Waals surface area contributed by atoms with E-state index in [1.807, 2.05) is 6.07 Å². The number of nitrogens with one attached hydrogen (secondary N) is 1. The minimum absolute atomic E-state index is 0.432. The highest BCUT2D eigenvalue weighted by atomic mass is 16.5. The minimum atomic E-state index is 0.432. The van der Waals surface area contributed by atoms with Gasteiger partial charge in [-0.15, -0.1) is 0 Å². The van der Waals surface area contributed by atoms with Gasteiger partial charge in [0, 0.05) is 30.7 Å². The molecule has 19 heavy (non-hydrogen) atoms. The first-order valence-corrected chi connectivity index (χ1v) is 7.46. The van der Waals surface area contributed by atoms with E-state index in [4.69, 9.17) is 9.47 Å². The molecule has 2 aliphatic heterocycles. The topological polar surface area (TPSA) is 30.5 Å². The normalized spacial score (nSPS) is 30.5. The summed E-state index contributed by atoms with van der Waals surface area (Å²) in [5.41, 5.74) is 1.31. The predicted molar refractivity (Wildman–Crippen MR) is 75.5 cm³/mol. The van der Waals surface area contributed by atoms with Crippen LogP contribution in [0.25, 0.3) is 0 Å². The Kier molecular flexibility index (Phi) is 4.04. The number of benzene rings is 1. The second kappa shape index (κ2) is 5.93. The quantitative estimate of drug-likeness (QED) is 0.907. The van der Waals surface area contributed by atoms with Crippen molar-refractivity contribution in [3.05, 3.63) is 29.8 Å². The summed E-state index contributed by atoms with van der Waals surface area (Å²) in [6.07, 6.45) is 4.86. The summed E-state index contributed by atoms with van der Waals surface area (Å²) < 4.78 is 11.5. The number of hydrogen-bond donors (Lipinski definition) is 1. The standard InChI is InChI=1S/C16H23NO2/c1-2-13-11-12(7-9-18-13)17-15-8-10-19-16-6-4-3-5-14(15)16/h3-6,12-13,15,17H,2,7-11H2,1H3. The fraction of sp³-hybridized carbons (Fsp3) is 0.625. The zero-order chi connectivity index (χ0) is 13.1. The number of rotatable bonds is 3. The zero-order valence-corrected chi connectivity index (χ0v) is 11.6. The van der Waals surface area contributed by atoms with E-state index in [0.29, 0.717) is 18.2 Å². The molecule has 1 fully saturated rings. The monoisotopic (exact) mass is 261 g/mol. The van der Waals surface area contributed by atoms with Crippen molar-refractivity contribution in [2.45, 2.75) is 50.8 Å². The molecule has 0 saturated carbocycles. The van der Waals surface area contributed by atoms with Crippen molar-refractivity contribution in [1.29, 1.82) is 0 Å². The van der Waals surface area contributed by atoms with Gasteiger partial charge >= 0.3 is 0 Å². The number of fused-ring (bicyclic) bond motifs is 1. The van der Waals surface area contributed by atoms with Crippen LogP contribution in [0.2, 0.25) is 0 Å². The van der Waals surface area contributed by atoms with Crippen LogP contribution in [-0.2, 0) is 4.74 Å². The van der Waals surface area contributed by atoms with Crippen LogP contribution in [0.4, 0.5) is 0 Å². The molecule has 0 bridgehead atoms. The molecule has 0 amide bonds. The number of hydrogen-bond acceptors (Lipinski definition) is 3. The summed E-state index contributed by atoms with van der Waals surface area (Å²) in [5.74, 6) is 1.05. The summed E-state index contributed by atoms with van der Waals surface area (Å²) in [7, 11) is 0. The summed E-state index contributed by atoms with van der Waals surface area (Å²) in [5, 5.41) is 3.82. The van der Waals surface area contributed by atoms with Gasteiger partial charge in [0.05, 0.1) is 12.7 Å². The lowest BCUT2D eigenvalue weighted by molar-refractivity contribution is -0.00283. The van der Waals surface area contributed by atoms with Gasteiger partial charge < -0.3 is 14.8 Å². The lowest BCUT2D eigenvalue weighted by Crippen LogP contribution is -2.41. The largest absolute Gasteiger partial charge is 0.493 e. The van der Waals surface area contributed by atoms with Gasteiger partial charge in [-0.25, -0.2) is 0 Å². The van der Waals surface area contributed by atoms with Gasteiger partial charge in [-0.05, 0) is 25.3 Å². The van der Waals surface area contributed by atoms with Gasteiger partial charge in [-0.1, -0.05) is 25.1 Å². The van der Waals surface area contributed by atoms with E-state index in [1.165, 1.54) is 5.56 Å². The van der Waals surface area contributed by atoms with Crippen LogP contribution in [0, 0.1) is 0 Å². The van der Waals surface area contributed by atoms with E-state index in [0.717, 1.165) is 44.6 Å². The molecule has 0 aliphatic carbocycles. The Balaban J connectivity index is 1.67. The Hall–Kier alpha value is -1.06. The molecule has 1 aromatic carbocycles. The lowest BCUT2D eigenvalue weighted by Gasteiger charge is -2.35. The maximum Gasteiger partial charge on any atom is 0.124 e. The van der Waals surface area contributed by atoms with Crippen LogP contribution in [0.1, 0.15) is 44.2 Å². The van der Waals surface area contributed by atoms with E-state index in [1.54, 1.807) is 0 Å². The van der Waals surface area contributed by atoms with Crippen LogP contribution in [-0.4, -0.2) is 25.4 Å². The van der Waals surface area contributed by atoms with Crippen LogP contribution in [0.3, 0.4) is 0 Å². The number of para-hydroxylation sites is 1. The third kappa shape index (κ3) is 2.93. The van der Waals surface area contributed by atoms with E-state index >= 15 is 0 Å². The summed E-state index contributed by atoms with van der Waals surface area (Å²) >= 11 is 0. The summed E-state index contributed by atoms with van der Waals surface area (Å²) in [4.78, 5) is 0. The molecular weight excluding hydrogens is 238 g/mol. The molecule has 3 atom stereocenters. The molecule has 3 heteroatoms. The molecule has 0 radical (unpaired) electrons. The average molecular weight is 261 g/mol. The van der Waals surface area contributed by atoms with Crippen LogP contribution in [0.5, 0.6) is 5.75 Å². The molecule has 3 unspecified atom stereocenters. The summed E-state index contributed by atoms with van der Waals surface area (Å²) in [6, 6.07) is 9.41. The first-order valence-electron chi connectivity index (χ1n) is 7.46. The third-order valence-corrected chi connectivity index (χ3v) is 4.22. The van der Waals surface area contributed by atoms with Gasteiger partial charge in [0.25, 0.3) is 0 Å². The van der Waals surface area contributed by atoms with Crippen molar-refractivity contribution in [2.24, 2.45) is 0 Å². The minimum Gasteiger partial charge on any atom is -0.493 e. The third-order valence-electron chi connectivity index (χ3n) is 4.22. The van der Waals surface area contributed by atoms with Crippen molar-refractivity contribution in [3.8, 4) is 5.75 Å². The van der Waals surface area contributed by atoms with Gasteiger partial charge in [0.2, 0.25) is 0 Å². The first kappa shape index (κ1) is 12.9. The van der Waals surface area contributed by atoms with Crippen molar-refractivity contribution in [1.82, 2.24) is 5.32 Å². The zero-order valence-electron chi connectivity index (χ0n) is 11.6. The van der Waals surface area contributed by atoms with E-state index in [9.17, 15) is 0 Å². The molecule has 2 aliphatic rings. The Morgan fingerprint density at radius 3 is 3.00 bits per heavy atom. The van der Waals surface area contributed by atoms with Crippen LogP contribution < -0.4 is 10.1 Å². The van der Waals surface area contributed by atoms with Gasteiger partial charge in [0.15, 0.2) is 0 Å². The Morgan fingerprint density at radius 2 is 2.11 bits per heavy atom. The maximum absolute atomic E-state index is 5.75. The molecule has 0 spiro atoms. The second-order valence-electron chi connectivity index (χ2n) is 5.52. The average Bonchev–Trinajstić information content (AvgIpc) is 2.48. The van der Waals surface area contributed by atoms with E-state index < -0.39 is 0 Å². The molecule has 104 valence electrons. The number of ether oxygens (including phenoxy) is 2. The molecular formula is C16H23NO2. The fourth-order valence-corrected chi connectivity index (χ4v) is 3.12. The second-order valence-corrected chi connectivity index (χ2v) is 5.52. The van der Waals surface area contributed by atoms with Crippen molar-refractivity contribution in [3.63, 3.8) is 0 Å². The Bertz CT molecular complexity index is 421. The SMILES string of the molecule is CCC1CC(NC2CCOc3ccccc32)CCO1. The van der Waals surface area contributed by atoms with E-state index in [-0.39, 0.29) is 0 Å². The highest BCUT2D eigenvalue weighted by Gasteiger charge is 2.27. The Morgan fingerprint density at radius 1 is 1.21 bits per heavy atom. The smallest absolute Gasteiger partial charge is 0.124 e. The molecule has 1 saturated heterocycles. The van der Waals surface area contributed by atoms with Crippen LogP contribution >= 0.6 is 0 Å². The highest BCUT2D eigenvalue weighted by molar-refractivity contribution is 5.37. The molecule has 1 aromatic rings. The first-order chi connectivity index (χ1) is 9.36. The van der Waals surface area contributed by atoms with Gasteiger partial charge in [0.1, 0.15) is 5.75 Å². The van der Waals surface area contributed by atoms with Crippen molar-refractivity contribution < 1.29 is 9.47 Å². The molecule has 3 rings (SSSR count). The summed E-state index contributed by atoms with van der Waals surface area (Å²) in [6.45, 7) is 3.91. The molecule has 0 aromatic heterocycles. The van der Waals surface area contributed by atoms with E-state index in [2.05, 4.69) is 30.4 Å². The highest BCUT2D eigenvalue weighted by Crippen LogP contribution is 2.32. The predicted octanol–water partition coefficient (Wildman–Crippen LogP) is 3.06. The molecule has 1 N–H and O–H groups in total. The molecule has 2 heterocycles. The van der Waals surface area contributed by atoms with Gasteiger partial charge in [-0.3, -0.25) is 0 Å². The van der Waals surface area contributed by atoms with Crippen molar-refractivity contribution >= 4 is 0 Å². The Labute approximate surface area is 115 Å².